The number of hydrogen-bond acceptors (Lipinski definition) is 3. The molecule has 1 unspecified atom stereocenters. The first-order valence-electron chi connectivity index (χ1n) is 7.35. The second-order valence-electron chi connectivity index (χ2n) is 6.00. The van der Waals surface area contributed by atoms with Crippen LogP contribution in [0.3, 0.4) is 0 Å². The van der Waals surface area contributed by atoms with Crippen LogP contribution in [-0.4, -0.2) is 31.3 Å². The maximum atomic E-state index is 10.6. The third-order valence-electron chi connectivity index (χ3n) is 4.37. The molecule has 1 aliphatic rings. The molecule has 1 atom stereocenters. The van der Waals surface area contributed by atoms with Crippen molar-refractivity contribution >= 4 is 21.6 Å². The number of nitrogens with one attached hydrogen (secondary N) is 1. The molecule has 0 radical (unpaired) electrons. The summed E-state index contributed by atoms with van der Waals surface area (Å²) >= 11 is 3.55. The molecule has 1 aliphatic carbocycles. The lowest BCUT2D eigenvalue weighted by Gasteiger charge is -2.32. The number of nitrogens with zero attached hydrogens (tertiary/aromatic N) is 1. The molecule has 1 aromatic rings. The van der Waals surface area contributed by atoms with Crippen LogP contribution < -0.4 is 10.2 Å². The predicted octanol–water partition coefficient (Wildman–Crippen LogP) is 3.47. The van der Waals surface area contributed by atoms with Crippen LogP contribution in [0.1, 0.15) is 44.2 Å². The summed E-state index contributed by atoms with van der Waals surface area (Å²) in [5, 5.41) is 13.9. The van der Waals surface area contributed by atoms with Gasteiger partial charge in [-0.1, -0.05) is 28.8 Å². The van der Waals surface area contributed by atoms with Gasteiger partial charge >= 0.3 is 0 Å². The Morgan fingerprint density at radius 1 is 1.40 bits per heavy atom. The quantitative estimate of drug-likeness (QED) is 0.861. The van der Waals surface area contributed by atoms with Crippen LogP contribution in [0.5, 0.6) is 0 Å². The molecule has 20 heavy (non-hydrogen) atoms. The number of likely N-dealkylation sites (N-methyl/N-ethyl adjacent to an activating group) is 1. The Bertz CT molecular complexity index is 458. The Kier molecular flexibility index (Phi) is 5.10. The number of hydrogen-bond donors (Lipinski definition) is 2. The summed E-state index contributed by atoms with van der Waals surface area (Å²) in [6, 6.07) is 6.64. The van der Waals surface area contributed by atoms with E-state index in [1.165, 1.54) is 11.3 Å². The fraction of sp³-hybridized carbons (Fsp3) is 0.625. The van der Waals surface area contributed by atoms with E-state index in [2.05, 4.69) is 58.3 Å². The highest BCUT2D eigenvalue weighted by atomic mass is 79.9. The van der Waals surface area contributed by atoms with Gasteiger partial charge in [0.1, 0.15) is 0 Å². The molecular weight excluding hydrogens is 316 g/mol. The largest absolute Gasteiger partial charge is 0.388 e. The Morgan fingerprint density at radius 3 is 2.65 bits per heavy atom. The Labute approximate surface area is 130 Å². The first kappa shape index (κ1) is 15.8. The zero-order valence-electron chi connectivity index (χ0n) is 12.6. The SMILES string of the molecule is CNC(C)c1cc(Br)ccc1N(C)CC1(O)CCCC1. The van der Waals surface area contributed by atoms with Crippen molar-refractivity contribution in [3.8, 4) is 0 Å². The topological polar surface area (TPSA) is 35.5 Å². The number of benzene rings is 1. The van der Waals surface area contributed by atoms with Gasteiger partial charge in [0.15, 0.2) is 0 Å². The normalized spacial score (nSPS) is 19.1. The molecule has 0 aliphatic heterocycles. The fourth-order valence-corrected chi connectivity index (χ4v) is 3.47. The number of rotatable bonds is 5. The molecule has 0 saturated heterocycles. The molecule has 1 saturated carbocycles. The second-order valence-corrected chi connectivity index (χ2v) is 6.92. The molecule has 2 rings (SSSR count). The van der Waals surface area contributed by atoms with Crippen LogP contribution in [0.2, 0.25) is 0 Å². The van der Waals surface area contributed by atoms with E-state index in [1.54, 1.807) is 0 Å². The van der Waals surface area contributed by atoms with Gasteiger partial charge in [-0.2, -0.15) is 0 Å². The van der Waals surface area contributed by atoms with Gasteiger partial charge in [-0.15, -0.1) is 0 Å². The molecule has 0 spiro atoms. The van der Waals surface area contributed by atoms with E-state index in [0.29, 0.717) is 6.54 Å². The van der Waals surface area contributed by atoms with Gasteiger partial charge in [0.2, 0.25) is 0 Å². The van der Waals surface area contributed by atoms with Gasteiger partial charge in [0.05, 0.1) is 5.60 Å². The van der Waals surface area contributed by atoms with Crippen molar-refractivity contribution in [1.29, 1.82) is 0 Å². The monoisotopic (exact) mass is 340 g/mol. The summed E-state index contributed by atoms with van der Waals surface area (Å²) in [6.45, 7) is 2.86. The first-order chi connectivity index (χ1) is 9.45. The lowest BCUT2D eigenvalue weighted by molar-refractivity contribution is 0.0559. The van der Waals surface area contributed by atoms with E-state index < -0.39 is 5.60 Å². The predicted molar refractivity (Wildman–Crippen MR) is 88.3 cm³/mol. The van der Waals surface area contributed by atoms with Crippen molar-refractivity contribution in [2.24, 2.45) is 0 Å². The molecule has 0 aromatic heterocycles. The van der Waals surface area contributed by atoms with E-state index >= 15 is 0 Å². The van der Waals surface area contributed by atoms with Crippen molar-refractivity contribution in [3.05, 3.63) is 28.2 Å². The summed E-state index contributed by atoms with van der Waals surface area (Å²) in [7, 11) is 4.05. The highest BCUT2D eigenvalue weighted by Crippen LogP contribution is 2.34. The van der Waals surface area contributed by atoms with E-state index in [1.807, 2.05) is 7.05 Å². The Hall–Kier alpha value is -0.580. The Morgan fingerprint density at radius 2 is 2.05 bits per heavy atom. The van der Waals surface area contributed by atoms with Crippen LogP contribution in [0, 0.1) is 0 Å². The van der Waals surface area contributed by atoms with Gasteiger partial charge < -0.3 is 15.3 Å². The van der Waals surface area contributed by atoms with Gasteiger partial charge in [-0.3, -0.25) is 0 Å². The van der Waals surface area contributed by atoms with E-state index in [9.17, 15) is 5.11 Å². The van der Waals surface area contributed by atoms with Crippen LogP contribution in [0.15, 0.2) is 22.7 Å². The van der Waals surface area contributed by atoms with Crippen molar-refractivity contribution < 1.29 is 5.11 Å². The van der Waals surface area contributed by atoms with Crippen molar-refractivity contribution in [2.75, 3.05) is 25.5 Å². The summed E-state index contributed by atoms with van der Waals surface area (Å²) in [6.07, 6.45) is 4.13. The number of halogens is 1. The van der Waals surface area contributed by atoms with Crippen LogP contribution in [-0.2, 0) is 0 Å². The lowest BCUT2D eigenvalue weighted by atomic mass is 10.00. The average molecular weight is 341 g/mol. The molecule has 0 heterocycles. The second kappa shape index (κ2) is 6.46. The minimum Gasteiger partial charge on any atom is -0.388 e. The highest BCUT2D eigenvalue weighted by molar-refractivity contribution is 9.10. The van der Waals surface area contributed by atoms with Gasteiger partial charge in [-0.25, -0.2) is 0 Å². The van der Waals surface area contributed by atoms with Crippen LogP contribution in [0.25, 0.3) is 0 Å². The maximum Gasteiger partial charge on any atom is 0.0821 e. The Balaban J connectivity index is 2.22. The minimum atomic E-state index is -0.512. The first-order valence-corrected chi connectivity index (χ1v) is 8.15. The van der Waals surface area contributed by atoms with E-state index in [4.69, 9.17) is 0 Å². The third-order valence-corrected chi connectivity index (χ3v) is 4.86. The molecule has 1 fully saturated rings. The molecule has 112 valence electrons. The van der Waals surface area contributed by atoms with Crippen LogP contribution >= 0.6 is 15.9 Å². The zero-order chi connectivity index (χ0) is 14.8. The number of aliphatic hydroxyl groups is 1. The van der Waals surface area contributed by atoms with Crippen molar-refractivity contribution in [3.63, 3.8) is 0 Å². The number of anilines is 1. The minimum absolute atomic E-state index is 0.281. The summed E-state index contributed by atoms with van der Waals surface area (Å²) < 4.78 is 1.09. The van der Waals surface area contributed by atoms with Crippen molar-refractivity contribution in [1.82, 2.24) is 5.32 Å². The van der Waals surface area contributed by atoms with Gasteiger partial charge in [0, 0.05) is 29.8 Å². The molecule has 0 bridgehead atoms. The van der Waals surface area contributed by atoms with Gasteiger partial charge in [0.25, 0.3) is 0 Å². The molecular formula is C16H25BrN2O. The van der Waals surface area contributed by atoms with Crippen molar-refractivity contribution in [2.45, 2.75) is 44.2 Å². The summed E-state index contributed by atoms with van der Waals surface area (Å²) in [5.74, 6) is 0. The molecule has 0 amide bonds. The average Bonchev–Trinajstić information content (AvgIpc) is 2.83. The highest BCUT2D eigenvalue weighted by Gasteiger charge is 2.32. The zero-order valence-corrected chi connectivity index (χ0v) is 14.2. The molecule has 3 nitrogen and oxygen atoms in total. The molecule has 2 N–H and O–H groups in total. The summed E-state index contributed by atoms with van der Waals surface area (Å²) in [4.78, 5) is 2.20. The fourth-order valence-electron chi connectivity index (χ4n) is 3.09. The summed E-state index contributed by atoms with van der Waals surface area (Å²) in [5.41, 5.74) is 1.93. The lowest BCUT2D eigenvalue weighted by Crippen LogP contribution is -2.39. The molecule has 1 aromatic carbocycles. The maximum absolute atomic E-state index is 10.6. The van der Waals surface area contributed by atoms with Crippen LogP contribution in [0.4, 0.5) is 5.69 Å². The van der Waals surface area contributed by atoms with Gasteiger partial charge in [-0.05, 0) is 50.6 Å². The standard InChI is InChI=1S/C16H25BrN2O/c1-12(18-2)14-10-13(17)6-7-15(14)19(3)11-16(20)8-4-5-9-16/h6-7,10,12,18,20H,4-5,8-9,11H2,1-3H3. The third kappa shape index (κ3) is 3.54. The van der Waals surface area contributed by atoms with E-state index in [-0.39, 0.29) is 6.04 Å². The van der Waals surface area contributed by atoms with E-state index in [0.717, 1.165) is 30.2 Å². The molecule has 4 heteroatoms. The smallest absolute Gasteiger partial charge is 0.0821 e.